The van der Waals surface area contributed by atoms with Gasteiger partial charge in [-0.25, -0.2) is 13.6 Å². The zero-order valence-electron chi connectivity index (χ0n) is 15.1. The molecule has 0 aromatic heterocycles. The monoisotopic (exact) mass is 518 g/mol. The summed E-state index contributed by atoms with van der Waals surface area (Å²) >= 11 is 0. The maximum absolute atomic E-state index is 11.2. The Labute approximate surface area is 181 Å². The van der Waals surface area contributed by atoms with Gasteiger partial charge < -0.3 is 20.5 Å². The summed E-state index contributed by atoms with van der Waals surface area (Å²) in [6.07, 6.45) is 1.47. The Morgan fingerprint density at radius 2 is 1.75 bits per heavy atom. The second-order valence-electron chi connectivity index (χ2n) is 6.04. The van der Waals surface area contributed by atoms with Crippen LogP contribution >= 0.6 is 24.0 Å². The van der Waals surface area contributed by atoms with Crippen molar-refractivity contribution >= 4 is 45.6 Å². The highest BCUT2D eigenvalue weighted by Crippen LogP contribution is 2.32. The van der Waals surface area contributed by atoms with E-state index in [-0.39, 0.29) is 34.8 Å². The molecule has 3 rings (SSSR count). The molecule has 8 nitrogen and oxygen atoms in total. The van der Waals surface area contributed by atoms with Crippen molar-refractivity contribution in [3.8, 4) is 11.5 Å². The molecular formula is C18H23IN4O4S. The maximum atomic E-state index is 11.2. The van der Waals surface area contributed by atoms with E-state index >= 15 is 0 Å². The van der Waals surface area contributed by atoms with Crippen LogP contribution in [0, 0.1) is 0 Å². The molecule has 0 saturated carbocycles. The number of ether oxygens (including phenoxy) is 2. The minimum atomic E-state index is -3.67. The van der Waals surface area contributed by atoms with Gasteiger partial charge in [-0.05, 0) is 36.2 Å². The van der Waals surface area contributed by atoms with Gasteiger partial charge in [0, 0.05) is 24.7 Å². The molecule has 1 heterocycles. The number of nitrogens with zero attached hydrogens (tertiary/aromatic N) is 1. The summed E-state index contributed by atoms with van der Waals surface area (Å²) in [5.74, 6) is 1.68. The Morgan fingerprint density at radius 3 is 2.43 bits per heavy atom. The standard InChI is InChI=1S/C18H22N4O4S.HI/c19-18(21-9-8-13-2-5-15(6-3-13)27(20,23)24)22-14-4-7-16-17(12-14)26-11-1-10-25-16;/h2-7,12H,1,8-11H2,(H3,19,21,22)(H2,20,23,24);1H. The Bertz CT molecular complexity index is 933. The SMILES string of the molecule is I.NC(=NCCc1ccc(S(N)(=O)=O)cc1)Nc1ccc2c(c1)OCCCO2. The summed E-state index contributed by atoms with van der Waals surface area (Å²) in [6.45, 7) is 1.71. The molecule has 0 unspecified atom stereocenters. The van der Waals surface area contributed by atoms with E-state index in [1.54, 1.807) is 12.1 Å². The lowest BCUT2D eigenvalue weighted by Crippen LogP contribution is -2.23. The van der Waals surface area contributed by atoms with Gasteiger partial charge in [-0.2, -0.15) is 0 Å². The summed E-state index contributed by atoms with van der Waals surface area (Å²) in [7, 11) is -3.67. The van der Waals surface area contributed by atoms with Crippen molar-refractivity contribution in [2.24, 2.45) is 15.9 Å². The average molecular weight is 518 g/mol. The Hall–Kier alpha value is -2.05. The predicted octanol–water partition coefficient (Wildman–Crippen LogP) is 2.08. The highest BCUT2D eigenvalue weighted by Gasteiger charge is 2.11. The van der Waals surface area contributed by atoms with Crippen molar-refractivity contribution < 1.29 is 17.9 Å². The van der Waals surface area contributed by atoms with Crippen LogP contribution in [0.3, 0.4) is 0 Å². The lowest BCUT2D eigenvalue weighted by molar-refractivity contribution is 0.297. The van der Waals surface area contributed by atoms with E-state index in [4.69, 9.17) is 20.3 Å². The smallest absolute Gasteiger partial charge is 0.238 e. The number of rotatable bonds is 5. The summed E-state index contributed by atoms with van der Waals surface area (Å²) in [5.41, 5.74) is 7.63. The summed E-state index contributed by atoms with van der Waals surface area (Å²) in [5, 5.41) is 8.10. The number of halogens is 1. The van der Waals surface area contributed by atoms with E-state index in [2.05, 4.69) is 10.3 Å². The van der Waals surface area contributed by atoms with E-state index in [9.17, 15) is 8.42 Å². The third-order valence-corrected chi connectivity index (χ3v) is 4.88. The number of hydrogen-bond donors (Lipinski definition) is 3. The number of anilines is 1. The summed E-state index contributed by atoms with van der Waals surface area (Å²) in [4.78, 5) is 4.37. The van der Waals surface area contributed by atoms with Gasteiger partial charge in [-0.15, -0.1) is 24.0 Å². The van der Waals surface area contributed by atoms with Crippen LogP contribution in [0.4, 0.5) is 5.69 Å². The number of benzene rings is 2. The molecule has 10 heteroatoms. The molecule has 152 valence electrons. The fourth-order valence-electron chi connectivity index (χ4n) is 2.58. The van der Waals surface area contributed by atoms with E-state index in [0.29, 0.717) is 31.9 Å². The van der Waals surface area contributed by atoms with Gasteiger partial charge in [0.1, 0.15) is 0 Å². The minimum absolute atomic E-state index is 0. The van der Waals surface area contributed by atoms with E-state index in [1.165, 1.54) is 12.1 Å². The molecule has 5 N–H and O–H groups in total. The van der Waals surface area contributed by atoms with Crippen molar-refractivity contribution in [1.82, 2.24) is 0 Å². The predicted molar refractivity (Wildman–Crippen MR) is 119 cm³/mol. The highest BCUT2D eigenvalue weighted by molar-refractivity contribution is 14.0. The van der Waals surface area contributed by atoms with Gasteiger partial charge >= 0.3 is 0 Å². The van der Waals surface area contributed by atoms with Crippen LogP contribution in [0.2, 0.25) is 0 Å². The minimum Gasteiger partial charge on any atom is -0.490 e. The van der Waals surface area contributed by atoms with Gasteiger partial charge in [0.15, 0.2) is 17.5 Å². The Balaban J connectivity index is 0.00000280. The van der Waals surface area contributed by atoms with Crippen LogP contribution in [0.1, 0.15) is 12.0 Å². The first-order valence-electron chi connectivity index (χ1n) is 8.50. The molecule has 0 spiro atoms. The normalized spacial score (nSPS) is 14.0. The lowest BCUT2D eigenvalue weighted by Gasteiger charge is -2.10. The van der Waals surface area contributed by atoms with Crippen LogP contribution < -0.4 is 25.7 Å². The molecule has 0 bridgehead atoms. The number of aliphatic imine (C=N–C) groups is 1. The van der Waals surface area contributed by atoms with Crippen molar-refractivity contribution in [2.75, 3.05) is 25.1 Å². The fraction of sp³-hybridized carbons (Fsp3) is 0.278. The van der Waals surface area contributed by atoms with Gasteiger partial charge in [0.2, 0.25) is 10.0 Å². The lowest BCUT2D eigenvalue weighted by atomic mass is 10.1. The number of primary sulfonamides is 1. The van der Waals surface area contributed by atoms with E-state index < -0.39 is 10.0 Å². The first-order chi connectivity index (χ1) is 12.9. The molecule has 2 aromatic carbocycles. The van der Waals surface area contributed by atoms with E-state index in [1.807, 2.05) is 18.2 Å². The molecule has 0 saturated heterocycles. The number of fused-ring (bicyclic) bond motifs is 1. The molecular weight excluding hydrogens is 495 g/mol. The maximum Gasteiger partial charge on any atom is 0.238 e. The Morgan fingerprint density at radius 1 is 1.07 bits per heavy atom. The topological polar surface area (TPSA) is 129 Å². The number of guanidine groups is 1. The third-order valence-electron chi connectivity index (χ3n) is 3.95. The zero-order chi connectivity index (χ0) is 19.3. The Kier molecular flexibility index (Phi) is 7.89. The first kappa shape index (κ1) is 22.2. The van der Waals surface area contributed by atoms with E-state index in [0.717, 1.165) is 23.4 Å². The molecule has 0 fully saturated rings. The molecule has 0 aliphatic carbocycles. The van der Waals surface area contributed by atoms with Crippen LogP contribution in [0.25, 0.3) is 0 Å². The van der Waals surface area contributed by atoms with Gasteiger partial charge in [-0.1, -0.05) is 12.1 Å². The van der Waals surface area contributed by atoms with Crippen molar-refractivity contribution in [3.63, 3.8) is 0 Å². The second kappa shape index (κ2) is 9.94. The van der Waals surface area contributed by atoms with Crippen LogP contribution in [0.5, 0.6) is 11.5 Å². The van der Waals surface area contributed by atoms with Crippen molar-refractivity contribution in [3.05, 3.63) is 48.0 Å². The molecule has 2 aromatic rings. The van der Waals surface area contributed by atoms with Crippen molar-refractivity contribution in [1.29, 1.82) is 0 Å². The van der Waals surface area contributed by atoms with Gasteiger partial charge in [0.05, 0.1) is 18.1 Å². The molecule has 0 atom stereocenters. The average Bonchev–Trinajstić information content (AvgIpc) is 2.86. The fourth-order valence-corrected chi connectivity index (χ4v) is 3.10. The largest absolute Gasteiger partial charge is 0.490 e. The van der Waals surface area contributed by atoms with Gasteiger partial charge in [0.25, 0.3) is 0 Å². The molecule has 0 amide bonds. The van der Waals surface area contributed by atoms with Crippen LogP contribution in [-0.4, -0.2) is 34.1 Å². The first-order valence-corrected chi connectivity index (χ1v) is 10.0. The zero-order valence-corrected chi connectivity index (χ0v) is 18.3. The molecule has 0 radical (unpaired) electrons. The molecule has 28 heavy (non-hydrogen) atoms. The number of sulfonamides is 1. The van der Waals surface area contributed by atoms with Crippen molar-refractivity contribution in [2.45, 2.75) is 17.7 Å². The number of hydrogen-bond acceptors (Lipinski definition) is 5. The van der Waals surface area contributed by atoms with Gasteiger partial charge in [-0.3, -0.25) is 4.99 Å². The van der Waals surface area contributed by atoms with Crippen LogP contribution in [-0.2, 0) is 16.4 Å². The summed E-state index contributed by atoms with van der Waals surface area (Å²) < 4.78 is 33.7. The second-order valence-corrected chi connectivity index (χ2v) is 7.60. The molecule has 1 aliphatic rings. The quantitative estimate of drug-likeness (QED) is 0.316. The highest BCUT2D eigenvalue weighted by atomic mass is 127. The number of nitrogens with one attached hydrogen (secondary N) is 1. The third kappa shape index (κ3) is 6.24. The summed E-state index contributed by atoms with van der Waals surface area (Å²) in [6, 6.07) is 11.9. The number of nitrogens with two attached hydrogens (primary N) is 2. The molecule has 1 aliphatic heterocycles. The van der Waals surface area contributed by atoms with Crippen LogP contribution in [0.15, 0.2) is 52.4 Å².